The number of nitrogens with one attached hydrogen (secondary N) is 1. The van der Waals surface area contributed by atoms with Crippen molar-refractivity contribution in [2.24, 2.45) is 13.0 Å². The largest absolute Gasteiger partial charge is 0.344 e. The van der Waals surface area contributed by atoms with Gasteiger partial charge in [-0.2, -0.15) is 0 Å². The number of carbonyl (C=O) groups is 2. The van der Waals surface area contributed by atoms with Gasteiger partial charge < -0.3 is 14.8 Å². The molecule has 1 N–H and O–H groups in total. The highest BCUT2D eigenvalue weighted by molar-refractivity contribution is 5.91. The third-order valence-corrected chi connectivity index (χ3v) is 4.47. The van der Waals surface area contributed by atoms with Crippen molar-refractivity contribution >= 4 is 11.8 Å². The third-order valence-electron chi connectivity index (χ3n) is 4.47. The van der Waals surface area contributed by atoms with E-state index in [2.05, 4.69) is 10.3 Å². The Hall–Kier alpha value is -1.85. The standard InChI is InChI=1S/C15H22N4O2/c1-10-9-13(20)17-14(11-3-4-11)15(21)19(10)7-5-12-16-6-8-18(12)2/h6,8,10-11,14H,3-5,7,9H2,1-2H3,(H,17,20). The van der Waals surface area contributed by atoms with Crippen LogP contribution >= 0.6 is 0 Å². The Morgan fingerprint density at radius 2 is 2.14 bits per heavy atom. The Morgan fingerprint density at radius 3 is 2.76 bits per heavy atom. The van der Waals surface area contributed by atoms with Gasteiger partial charge in [-0.05, 0) is 25.7 Å². The van der Waals surface area contributed by atoms with Crippen LogP contribution in [0.25, 0.3) is 0 Å². The van der Waals surface area contributed by atoms with Gasteiger partial charge in [0.05, 0.1) is 0 Å². The van der Waals surface area contributed by atoms with E-state index in [1.807, 2.05) is 29.6 Å². The van der Waals surface area contributed by atoms with Crippen LogP contribution < -0.4 is 5.32 Å². The van der Waals surface area contributed by atoms with E-state index in [1.165, 1.54) is 0 Å². The molecule has 114 valence electrons. The Balaban J connectivity index is 1.72. The van der Waals surface area contributed by atoms with Gasteiger partial charge in [0.25, 0.3) is 0 Å². The topological polar surface area (TPSA) is 67.2 Å². The van der Waals surface area contributed by atoms with Crippen molar-refractivity contribution in [1.29, 1.82) is 0 Å². The van der Waals surface area contributed by atoms with Gasteiger partial charge in [-0.3, -0.25) is 9.59 Å². The highest BCUT2D eigenvalue weighted by Crippen LogP contribution is 2.34. The summed E-state index contributed by atoms with van der Waals surface area (Å²) in [7, 11) is 1.95. The quantitative estimate of drug-likeness (QED) is 0.877. The minimum absolute atomic E-state index is 0.00718. The van der Waals surface area contributed by atoms with Gasteiger partial charge in [0, 0.05) is 44.9 Å². The summed E-state index contributed by atoms with van der Waals surface area (Å²) < 4.78 is 1.97. The molecule has 2 heterocycles. The van der Waals surface area contributed by atoms with Crippen LogP contribution in [0.5, 0.6) is 0 Å². The first-order valence-electron chi connectivity index (χ1n) is 7.62. The Bertz CT molecular complexity index is 550. The molecule has 1 aliphatic carbocycles. The number of hydrogen-bond donors (Lipinski definition) is 1. The molecule has 6 heteroatoms. The highest BCUT2D eigenvalue weighted by Gasteiger charge is 2.42. The van der Waals surface area contributed by atoms with Crippen molar-refractivity contribution in [1.82, 2.24) is 19.8 Å². The number of hydrogen-bond acceptors (Lipinski definition) is 3. The molecule has 2 atom stereocenters. The van der Waals surface area contributed by atoms with Crippen molar-refractivity contribution in [3.63, 3.8) is 0 Å². The van der Waals surface area contributed by atoms with E-state index in [4.69, 9.17) is 0 Å². The zero-order valence-electron chi connectivity index (χ0n) is 12.6. The van der Waals surface area contributed by atoms with Crippen molar-refractivity contribution in [3.05, 3.63) is 18.2 Å². The predicted octanol–water partition coefficient (Wildman–Crippen LogP) is 0.478. The van der Waals surface area contributed by atoms with Crippen LogP contribution in [0, 0.1) is 5.92 Å². The molecule has 6 nitrogen and oxygen atoms in total. The number of rotatable bonds is 4. The molecule has 1 saturated carbocycles. The lowest BCUT2D eigenvalue weighted by Crippen LogP contribution is -2.48. The summed E-state index contributed by atoms with van der Waals surface area (Å²) in [4.78, 5) is 30.8. The average molecular weight is 290 g/mol. The third kappa shape index (κ3) is 2.94. The average Bonchev–Trinajstić information content (AvgIpc) is 3.20. The van der Waals surface area contributed by atoms with Gasteiger partial charge in [0.15, 0.2) is 0 Å². The zero-order valence-corrected chi connectivity index (χ0v) is 12.6. The molecule has 1 aromatic heterocycles. The maximum atomic E-state index is 12.7. The van der Waals surface area contributed by atoms with Gasteiger partial charge in [0.1, 0.15) is 11.9 Å². The number of nitrogens with zero attached hydrogens (tertiary/aromatic N) is 3. The van der Waals surface area contributed by atoms with Crippen LogP contribution in [-0.2, 0) is 23.1 Å². The highest BCUT2D eigenvalue weighted by atomic mass is 16.2. The molecule has 21 heavy (non-hydrogen) atoms. The normalized spacial score (nSPS) is 26.7. The molecule has 2 unspecified atom stereocenters. The van der Waals surface area contributed by atoms with Gasteiger partial charge in [-0.25, -0.2) is 4.98 Å². The second-order valence-corrected chi connectivity index (χ2v) is 6.17. The van der Waals surface area contributed by atoms with E-state index < -0.39 is 0 Å². The smallest absolute Gasteiger partial charge is 0.245 e. The fourth-order valence-corrected chi connectivity index (χ4v) is 3.01. The summed E-state index contributed by atoms with van der Waals surface area (Å²) >= 11 is 0. The van der Waals surface area contributed by atoms with Crippen molar-refractivity contribution < 1.29 is 9.59 Å². The molecule has 1 saturated heterocycles. The molecule has 3 rings (SSSR count). The lowest BCUT2D eigenvalue weighted by atomic mass is 10.1. The molecular weight excluding hydrogens is 268 g/mol. The lowest BCUT2D eigenvalue weighted by molar-refractivity contribution is -0.135. The van der Waals surface area contributed by atoms with E-state index in [0.717, 1.165) is 18.7 Å². The second kappa shape index (κ2) is 5.50. The fourth-order valence-electron chi connectivity index (χ4n) is 3.01. The molecule has 0 bridgehead atoms. The number of carbonyl (C=O) groups excluding carboxylic acids is 2. The summed E-state index contributed by atoms with van der Waals surface area (Å²) in [5.74, 6) is 1.36. The molecule has 2 aliphatic rings. The van der Waals surface area contributed by atoms with Gasteiger partial charge in [0.2, 0.25) is 11.8 Å². The van der Waals surface area contributed by atoms with E-state index >= 15 is 0 Å². The summed E-state index contributed by atoms with van der Waals surface area (Å²) in [5.41, 5.74) is 0. The Labute approximate surface area is 124 Å². The summed E-state index contributed by atoms with van der Waals surface area (Å²) in [5, 5.41) is 2.90. The molecule has 0 spiro atoms. The number of aryl methyl sites for hydroxylation is 1. The first kappa shape index (κ1) is 14.1. The molecule has 0 aromatic carbocycles. The Morgan fingerprint density at radius 1 is 1.38 bits per heavy atom. The van der Waals surface area contributed by atoms with Crippen LogP contribution in [0.2, 0.25) is 0 Å². The van der Waals surface area contributed by atoms with Gasteiger partial charge in [-0.15, -0.1) is 0 Å². The van der Waals surface area contributed by atoms with E-state index in [-0.39, 0.29) is 23.9 Å². The van der Waals surface area contributed by atoms with E-state index in [9.17, 15) is 9.59 Å². The summed E-state index contributed by atoms with van der Waals surface area (Å²) in [6, 6.07) is -0.370. The Kier molecular flexibility index (Phi) is 3.69. The SMILES string of the molecule is CC1CC(=O)NC(C2CC2)C(=O)N1CCc1nccn1C. The molecule has 1 aromatic rings. The van der Waals surface area contributed by atoms with Crippen LogP contribution in [-0.4, -0.2) is 44.9 Å². The molecular formula is C15H22N4O2. The molecule has 2 amide bonds. The van der Waals surface area contributed by atoms with Crippen molar-refractivity contribution in [2.45, 2.75) is 44.7 Å². The zero-order chi connectivity index (χ0) is 15.0. The monoisotopic (exact) mass is 290 g/mol. The maximum Gasteiger partial charge on any atom is 0.245 e. The second-order valence-electron chi connectivity index (χ2n) is 6.17. The number of aromatic nitrogens is 2. The fraction of sp³-hybridized carbons (Fsp3) is 0.667. The van der Waals surface area contributed by atoms with E-state index in [0.29, 0.717) is 25.3 Å². The van der Waals surface area contributed by atoms with Crippen LogP contribution in [0.1, 0.15) is 32.0 Å². The van der Waals surface area contributed by atoms with Crippen LogP contribution in [0.15, 0.2) is 12.4 Å². The molecule has 0 radical (unpaired) electrons. The number of amides is 2. The maximum absolute atomic E-state index is 12.7. The number of imidazole rings is 1. The molecule has 2 fully saturated rings. The molecule has 1 aliphatic heterocycles. The summed E-state index contributed by atoms with van der Waals surface area (Å²) in [6.45, 7) is 2.56. The van der Waals surface area contributed by atoms with Gasteiger partial charge >= 0.3 is 0 Å². The minimum atomic E-state index is -0.316. The lowest BCUT2D eigenvalue weighted by Gasteiger charge is -2.28. The van der Waals surface area contributed by atoms with Gasteiger partial charge in [-0.1, -0.05) is 0 Å². The van der Waals surface area contributed by atoms with Crippen molar-refractivity contribution in [3.8, 4) is 0 Å². The van der Waals surface area contributed by atoms with E-state index in [1.54, 1.807) is 6.20 Å². The first-order valence-corrected chi connectivity index (χ1v) is 7.62. The first-order chi connectivity index (χ1) is 10.1. The minimum Gasteiger partial charge on any atom is -0.344 e. The van der Waals surface area contributed by atoms with Crippen molar-refractivity contribution in [2.75, 3.05) is 6.54 Å². The van der Waals surface area contributed by atoms with Crippen LogP contribution in [0.4, 0.5) is 0 Å². The predicted molar refractivity (Wildman–Crippen MR) is 77.4 cm³/mol. The van der Waals surface area contributed by atoms with Crippen LogP contribution in [0.3, 0.4) is 0 Å². The summed E-state index contributed by atoms with van der Waals surface area (Å²) in [6.07, 6.45) is 6.85.